The van der Waals surface area contributed by atoms with Crippen LogP contribution in [-0.2, 0) is 19.4 Å². The average Bonchev–Trinajstić information content (AvgIpc) is 2.98. The average molecular weight is 372 g/mol. The first-order valence-corrected chi connectivity index (χ1v) is 9.55. The summed E-state index contributed by atoms with van der Waals surface area (Å²) in [7, 11) is 0. The molecule has 0 fully saturated rings. The Hall–Kier alpha value is -2.11. The molecule has 1 aliphatic carbocycles. The van der Waals surface area contributed by atoms with E-state index in [1.165, 1.54) is 16.9 Å². The Morgan fingerprint density at radius 3 is 2.80 bits per heavy atom. The van der Waals surface area contributed by atoms with E-state index in [1.54, 1.807) is 22.0 Å². The summed E-state index contributed by atoms with van der Waals surface area (Å²) < 4.78 is 1.66. The van der Waals surface area contributed by atoms with E-state index in [1.807, 2.05) is 24.3 Å². The molecule has 4 nitrogen and oxygen atoms in total. The van der Waals surface area contributed by atoms with Crippen LogP contribution in [0, 0.1) is 0 Å². The zero-order chi connectivity index (χ0) is 17.4. The summed E-state index contributed by atoms with van der Waals surface area (Å²) in [5.41, 5.74) is 2.06. The lowest BCUT2D eigenvalue weighted by Gasteiger charge is -2.13. The van der Waals surface area contributed by atoms with Gasteiger partial charge in [-0.3, -0.25) is 9.36 Å². The van der Waals surface area contributed by atoms with E-state index in [0.29, 0.717) is 17.5 Å². The van der Waals surface area contributed by atoms with Crippen LogP contribution >= 0.6 is 22.9 Å². The number of nitrogens with one attached hydrogen (secondary N) is 1. The Kier molecular flexibility index (Phi) is 4.36. The van der Waals surface area contributed by atoms with Crippen molar-refractivity contribution in [1.82, 2.24) is 9.55 Å². The monoisotopic (exact) mass is 371 g/mol. The van der Waals surface area contributed by atoms with Crippen molar-refractivity contribution in [1.29, 1.82) is 0 Å². The Morgan fingerprint density at radius 2 is 2.04 bits per heavy atom. The van der Waals surface area contributed by atoms with Crippen LogP contribution in [0.2, 0.25) is 5.02 Å². The number of aromatic nitrogens is 2. The highest BCUT2D eigenvalue weighted by molar-refractivity contribution is 7.18. The van der Waals surface area contributed by atoms with Crippen molar-refractivity contribution in [2.24, 2.45) is 0 Å². The molecular formula is C19H18ClN3OS. The maximum absolute atomic E-state index is 13.1. The maximum Gasteiger partial charge on any atom is 0.264 e. The van der Waals surface area contributed by atoms with Crippen LogP contribution in [0.3, 0.4) is 0 Å². The highest BCUT2D eigenvalue weighted by Gasteiger charge is 2.21. The molecule has 1 aliphatic rings. The highest BCUT2D eigenvalue weighted by atomic mass is 35.5. The number of halogens is 1. The first-order chi connectivity index (χ1) is 12.2. The molecule has 6 heteroatoms. The fourth-order valence-corrected chi connectivity index (χ4v) is 4.67. The minimum atomic E-state index is 0.0146. The lowest BCUT2D eigenvalue weighted by molar-refractivity contribution is 0.698. The third-order valence-electron chi connectivity index (χ3n) is 4.49. The van der Waals surface area contributed by atoms with Gasteiger partial charge in [0.15, 0.2) is 0 Å². The number of hydrogen-bond acceptors (Lipinski definition) is 4. The van der Waals surface area contributed by atoms with Crippen LogP contribution < -0.4 is 10.9 Å². The molecule has 0 aliphatic heterocycles. The van der Waals surface area contributed by atoms with Gasteiger partial charge < -0.3 is 5.32 Å². The predicted octanol–water partition coefficient (Wildman–Crippen LogP) is 4.92. The van der Waals surface area contributed by atoms with E-state index in [0.717, 1.165) is 35.2 Å². The number of benzene rings is 1. The predicted molar refractivity (Wildman–Crippen MR) is 105 cm³/mol. The van der Waals surface area contributed by atoms with Crippen LogP contribution in [0.15, 0.2) is 41.7 Å². The Balaban J connectivity index is 1.87. The molecule has 1 N–H and O–H groups in total. The van der Waals surface area contributed by atoms with Crippen LogP contribution in [0.5, 0.6) is 0 Å². The van der Waals surface area contributed by atoms with Crippen molar-refractivity contribution < 1.29 is 0 Å². The molecule has 2 heterocycles. The summed E-state index contributed by atoms with van der Waals surface area (Å²) in [6.45, 7) is 4.20. The molecule has 2 aromatic heterocycles. The van der Waals surface area contributed by atoms with E-state index in [4.69, 9.17) is 16.6 Å². The molecular weight excluding hydrogens is 354 g/mol. The molecule has 0 amide bonds. The number of aryl methyl sites for hydroxylation is 2. The van der Waals surface area contributed by atoms with E-state index >= 15 is 0 Å². The summed E-state index contributed by atoms with van der Waals surface area (Å²) >= 11 is 7.60. The van der Waals surface area contributed by atoms with Crippen LogP contribution in [0.4, 0.5) is 11.6 Å². The third-order valence-corrected chi connectivity index (χ3v) is 5.92. The van der Waals surface area contributed by atoms with E-state index in [9.17, 15) is 4.79 Å². The molecule has 3 aromatic rings. The molecule has 1 aromatic carbocycles. The van der Waals surface area contributed by atoms with Gasteiger partial charge >= 0.3 is 0 Å². The van der Waals surface area contributed by atoms with Gasteiger partial charge in [-0.2, -0.15) is 0 Å². The second kappa shape index (κ2) is 6.65. The second-order valence-corrected chi connectivity index (χ2v) is 7.68. The second-order valence-electron chi connectivity index (χ2n) is 6.16. The Labute approximate surface area is 154 Å². The molecule has 0 spiro atoms. The van der Waals surface area contributed by atoms with Gasteiger partial charge in [0.05, 0.1) is 5.39 Å². The zero-order valence-corrected chi connectivity index (χ0v) is 15.3. The third kappa shape index (κ3) is 2.98. The van der Waals surface area contributed by atoms with Gasteiger partial charge in [0.1, 0.15) is 4.83 Å². The first kappa shape index (κ1) is 16.4. The smallest absolute Gasteiger partial charge is 0.264 e. The lowest BCUT2D eigenvalue weighted by Crippen LogP contribution is -2.24. The first-order valence-electron chi connectivity index (χ1n) is 8.36. The van der Waals surface area contributed by atoms with Gasteiger partial charge in [0.25, 0.3) is 5.56 Å². The SMILES string of the molecule is C=CCn1c(Nc2ccc(Cl)cc2)nc2sc3c(c2c1=O)CCCC3. The van der Waals surface area contributed by atoms with Gasteiger partial charge in [0.2, 0.25) is 5.95 Å². The maximum atomic E-state index is 13.1. The van der Waals surface area contributed by atoms with Gasteiger partial charge in [0, 0.05) is 22.1 Å². The van der Waals surface area contributed by atoms with Gasteiger partial charge in [-0.1, -0.05) is 17.7 Å². The Bertz CT molecular complexity index is 1000. The highest BCUT2D eigenvalue weighted by Crippen LogP contribution is 2.34. The fourth-order valence-electron chi connectivity index (χ4n) is 3.29. The molecule has 128 valence electrons. The van der Waals surface area contributed by atoms with Crippen LogP contribution in [0.25, 0.3) is 10.2 Å². The molecule has 0 atom stereocenters. The number of rotatable bonds is 4. The topological polar surface area (TPSA) is 46.9 Å². The minimum Gasteiger partial charge on any atom is -0.325 e. The van der Waals surface area contributed by atoms with Crippen molar-refractivity contribution in [3.63, 3.8) is 0 Å². The van der Waals surface area contributed by atoms with Crippen LogP contribution in [0.1, 0.15) is 23.3 Å². The molecule has 0 unspecified atom stereocenters. The van der Waals surface area contributed by atoms with Gasteiger partial charge in [-0.25, -0.2) is 4.98 Å². The summed E-state index contributed by atoms with van der Waals surface area (Å²) in [6.07, 6.45) is 6.09. The number of anilines is 2. The van der Waals surface area contributed by atoms with Crippen molar-refractivity contribution in [3.8, 4) is 0 Å². The normalized spacial score (nSPS) is 13.6. The zero-order valence-electron chi connectivity index (χ0n) is 13.7. The van der Waals surface area contributed by atoms with Crippen molar-refractivity contribution in [3.05, 3.63) is 62.7 Å². The Morgan fingerprint density at radius 1 is 1.28 bits per heavy atom. The van der Waals surface area contributed by atoms with Crippen molar-refractivity contribution in [2.45, 2.75) is 32.2 Å². The fraction of sp³-hybridized carbons (Fsp3) is 0.263. The van der Waals surface area contributed by atoms with E-state index in [2.05, 4.69) is 11.9 Å². The summed E-state index contributed by atoms with van der Waals surface area (Å²) in [5, 5.41) is 4.71. The molecule has 0 saturated carbocycles. The summed E-state index contributed by atoms with van der Waals surface area (Å²) in [5.74, 6) is 0.540. The molecule has 25 heavy (non-hydrogen) atoms. The van der Waals surface area contributed by atoms with Gasteiger partial charge in [-0.05, 0) is 55.5 Å². The number of nitrogens with zero attached hydrogens (tertiary/aromatic N) is 2. The quantitative estimate of drug-likeness (QED) is 0.662. The van der Waals surface area contributed by atoms with Gasteiger partial charge in [-0.15, -0.1) is 17.9 Å². The lowest BCUT2D eigenvalue weighted by atomic mass is 9.97. The van der Waals surface area contributed by atoms with Crippen molar-refractivity contribution in [2.75, 3.05) is 5.32 Å². The number of fused-ring (bicyclic) bond motifs is 3. The standard InChI is InChI=1S/C19H18ClN3OS/c1-2-11-23-18(24)16-14-5-3-4-6-15(14)25-17(16)22-19(23)21-13-9-7-12(20)8-10-13/h2,7-10H,1,3-6,11H2,(H,21,22). The molecule has 0 saturated heterocycles. The molecule has 4 rings (SSSR count). The van der Waals surface area contributed by atoms with Crippen LogP contribution in [-0.4, -0.2) is 9.55 Å². The minimum absolute atomic E-state index is 0.0146. The van der Waals surface area contributed by atoms with E-state index in [-0.39, 0.29) is 5.56 Å². The molecule has 0 bridgehead atoms. The van der Waals surface area contributed by atoms with E-state index < -0.39 is 0 Å². The largest absolute Gasteiger partial charge is 0.325 e. The van der Waals surface area contributed by atoms with Crippen molar-refractivity contribution >= 4 is 44.8 Å². The summed E-state index contributed by atoms with van der Waals surface area (Å²) in [4.78, 5) is 20.1. The number of allylic oxidation sites excluding steroid dienone is 1. The molecule has 0 radical (unpaired) electrons. The number of hydrogen-bond donors (Lipinski definition) is 1. The summed E-state index contributed by atoms with van der Waals surface area (Å²) in [6, 6.07) is 7.36. The number of thiophene rings is 1.